The Labute approximate surface area is 142 Å². The molecule has 1 saturated heterocycles. The molecule has 1 aliphatic heterocycles. The molecule has 128 valence electrons. The highest BCUT2D eigenvalue weighted by atomic mass is 16.2. The van der Waals surface area contributed by atoms with Crippen LogP contribution in [0.3, 0.4) is 0 Å². The van der Waals surface area contributed by atoms with Crippen LogP contribution in [0.1, 0.15) is 31.4 Å². The third-order valence-corrected chi connectivity index (χ3v) is 4.63. The fourth-order valence-electron chi connectivity index (χ4n) is 3.14. The number of amides is 1. The largest absolute Gasteiger partial charge is 0.353 e. The Bertz CT molecular complexity index is 622. The van der Waals surface area contributed by atoms with Crippen molar-refractivity contribution in [3.05, 3.63) is 42.2 Å². The van der Waals surface area contributed by atoms with E-state index in [4.69, 9.17) is 0 Å². The quantitative estimate of drug-likeness (QED) is 0.864. The molecule has 0 bridgehead atoms. The molecule has 1 aromatic carbocycles. The van der Waals surface area contributed by atoms with Gasteiger partial charge in [-0.15, -0.1) is 5.10 Å². The van der Waals surface area contributed by atoms with Crippen LogP contribution >= 0.6 is 0 Å². The van der Waals surface area contributed by atoms with Crippen LogP contribution in [0.2, 0.25) is 0 Å². The van der Waals surface area contributed by atoms with Crippen molar-refractivity contribution in [2.45, 2.75) is 32.4 Å². The van der Waals surface area contributed by atoms with E-state index in [1.807, 2.05) is 6.07 Å². The number of rotatable bonds is 6. The predicted molar refractivity (Wildman–Crippen MR) is 90.0 cm³/mol. The van der Waals surface area contributed by atoms with E-state index in [-0.39, 0.29) is 18.5 Å². The molecule has 2 aromatic rings. The van der Waals surface area contributed by atoms with Crippen LogP contribution < -0.4 is 5.32 Å². The molecule has 1 N–H and O–H groups in total. The summed E-state index contributed by atoms with van der Waals surface area (Å²) < 4.78 is 1.43. The molecule has 0 spiro atoms. The monoisotopic (exact) mass is 328 g/mol. The Morgan fingerprint density at radius 1 is 1.29 bits per heavy atom. The average Bonchev–Trinajstić information content (AvgIpc) is 3.10. The molecule has 7 nitrogen and oxygen atoms in total. The SMILES string of the molecule is CC1CCN(C(CNC(=O)Cn2cnnn2)c2ccccc2)CC1. The molecule has 7 heteroatoms. The van der Waals surface area contributed by atoms with E-state index < -0.39 is 0 Å². The lowest BCUT2D eigenvalue weighted by molar-refractivity contribution is -0.122. The molecule has 24 heavy (non-hydrogen) atoms. The smallest absolute Gasteiger partial charge is 0.241 e. The molecular formula is C17H24N6O. The van der Waals surface area contributed by atoms with Gasteiger partial charge in [0.2, 0.25) is 5.91 Å². The molecule has 1 unspecified atom stereocenters. The summed E-state index contributed by atoms with van der Waals surface area (Å²) in [6.45, 7) is 5.20. The number of piperidine rings is 1. The van der Waals surface area contributed by atoms with E-state index in [0.29, 0.717) is 6.54 Å². The number of tetrazole rings is 1. The fraction of sp³-hybridized carbons (Fsp3) is 0.529. The van der Waals surface area contributed by atoms with Crippen molar-refractivity contribution < 1.29 is 4.79 Å². The number of hydrogen-bond acceptors (Lipinski definition) is 5. The molecule has 1 aromatic heterocycles. The molecule has 2 heterocycles. The highest BCUT2D eigenvalue weighted by Gasteiger charge is 2.25. The second-order valence-electron chi connectivity index (χ2n) is 6.46. The van der Waals surface area contributed by atoms with E-state index in [1.165, 1.54) is 29.4 Å². The van der Waals surface area contributed by atoms with Gasteiger partial charge in [0, 0.05) is 6.54 Å². The van der Waals surface area contributed by atoms with Crippen LogP contribution in [0.15, 0.2) is 36.7 Å². The van der Waals surface area contributed by atoms with Crippen LogP contribution in [0.4, 0.5) is 0 Å². The van der Waals surface area contributed by atoms with Crippen LogP contribution in [0, 0.1) is 5.92 Å². The Morgan fingerprint density at radius 3 is 2.71 bits per heavy atom. The lowest BCUT2D eigenvalue weighted by Crippen LogP contribution is -2.42. The van der Waals surface area contributed by atoms with Crippen LogP contribution in [0.5, 0.6) is 0 Å². The number of carbonyl (C=O) groups is 1. The standard InChI is InChI=1S/C17H24N6O/c1-14-7-9-22(10-8-14)16(15-5-3-2-4-6-15)11-18-17(24)12-23-13-19-20-21-23/h2-6,13-14,16H,7-12H2,1H3,(H,18,24). The number of nitrogens with one attached hydrogen (secondary N) is 1. The number of benzene rings is 1. The maximum atomic E-state index is 12.1. The summed E-state index contributed by atoms with van der Waals surface area (Å²) in [4.78, 5) is 14.6. The van der Waals surface area contributed by atoms with Gasteiger partial charge in [0.15, 0.2) is 0 Å². The first kappa shape index (κ1) is 16.6. The van der Waals surface area contributed by atoms with E-state index in [1.54, 1.807) is 0 Å². The number of hydrogen-bond donors (Lipinski definition) is 1. The van der Waals surface area contributed by atoms with E-state index in [9.17, 15) is 4.79 Å². The van der Waals surface area contributed by atoms with E-state index in [0.717, 1.165) is 19.0 Å². The Kier molecular flexibility index (Phi) is 5.53. The van der Waals surface area contributed by atoms with Gasteiger partial charge in [0.25, 0.3) is 0 Å². The lowest BCUT2D eigenvalue weighted by atomic mass is 9.95. The highest BCUT2D eigenvalue weighted by Crippen LogP contribution is 2.26. The third-order valence-electron chi connectivity index (χ3n) is 4.63. The van der Waals surface area contributed by atoms with Crippen LogP contribution in [-0.2, 0) is 11.3 Å². The van der Waals surface area contributed by atoms with Crippen LogP contribution in [-0.4, -0.2) is 50.6 Å². The maximum Gasteiger partial charge on any atom is 0.241 e. The summed E-state index contributed by atoms with van der Waals surface area (Å²) in [5, 5.41) is 13.8. The van der Waals surface area contributed by atoms with Gasteiger partial charge in [-0.05, 0) is 47.8 Å². The number of carbonyl (C=O) groups excluding carboxylic acids is 1. The zero-order valence-corrected chi connectivity index (χ0v) is 14.0. The molecule has 0 aliphatic carbocycles. The fourth-order valence-corrected chi connectivity index (χ4v) is 3.14. The number of aromatic nitrogens is 4. The second-order valence-corrected chi connectivity index (χ2v) is 6.46. The van der Waals surface area contributed by atoms with Crippen molar-refractivity contribution in [1.82, 2.24) is 30.4 Å². The van der Waals surface area contributed by atoms with Gasteiger partial charge in [0.1, 0.15) is 12.9 Å². The topological polar surface area (TPSA) is 75.9 Å². The Morgan fingerprint density at radius 2 is 2.04 bits per heavy atom. The van der Waals surface area contributed by atoms with Gasteiger partial charge >= 0.3 is 0 Å². The summed E-state index contributed by atoms with van der Waals surface area (Å²) in [5.41, 5.74) is 1.25. The van der Waals surface area contributed by atoms with Gasteiger partial charge < -0.3 is 5.32 Å². The zero-order chi connectivity index (χ0) is 16.8. The third kappa shape index (κ3) is 4.38. The first-order chi connectivity index (χ1) is 11.7. The molecule has 0 radical (unpaired) electrons. The van der Waals surface area contributed by atoms with Crippen molar-refractivity contribution in [1.29, 1.82) is 0 Å². The zero-order valence-electron chi connectivity index (χ0n) is 14.0. The predicted octanol–water partition coefficient (Wildman–Crippen LogP) is 1.26. The van der Waals surface area contributed by atoms with Crippen molar-refractivity contribution >= 4 is 5.91 Å². The molecule has 1 amide bonds. The molecule has 0 saturated carbocycles. The molecule has 1 fully saturated rings. The van der Waals surface area contributed by atoms with Crippen molar-refractivity contribution in [2.75, 3.05) is 19.6 Å². The summed E-state index contributed by atoms with van der Waals surface area (Å²) in [5.74, 6) is 0.709. The summed E-state index contributed by atoms with van der Waals surface area (Å²) >= 11 is 0. The van der Waals surface area contributed by atoms with Gasteiger partial charge in [-0.2, -0.15) is 0 Å². The van der Waals surface area contributed by atoms with Gasteiger partial charge in [0.05, 0.1) is 6.04 Å². The Hall–Kier alpha value is -2.28. The molecule has 1 aliphatic rings. The molecule has 1 atom stereocenters. The average molecular weight is 328 g/mol. The lowest BCUT2D eigenvalue weighted by Gasteiger charge is -2.37. The Balaban J connectivity index is 1.62. The van der Waals surface area contributed by atoms with Gasteiger partial charge in [-0.25, -0.2) is 4.68 Å². The number of likely N-dealkylation sites (tertiary alicyclic amines) is 1. The minimum Gasteiger partial charge on any atom is -0.353 e. The van der Waals surface area contributed by atoms with Gasteiger partial charge in [-0.3, -0.25) is 9.69 Å². The van der Waals surface area contributed by atoms with Crippen molar-refractivity contribution in [3.8, 4) is 0 Å². The van der Waals surface area contributed by atoms with Crippen LogP contribution in [0.25, 0.3) is 0 Å². The minimum atomic E-state index is -0.0754. The maximum absolute atomic E-state index is 12.1. The van der Waals surface area contributed by atoms with E-state index in [2.05, 4.69) is 56.9 Å². The second kappa shape index (κ2) is 8.01. The molecular weight excluding hydrogens is 304 g/mol. The first-order valence-corrected chi connectivity index (χ1v) is 8.49. The first-order valence-electron chi connectivity index (χ1n) is 8.49. The normalized spacial score (nSPS) is 17.5. The summed E-state index contributed by atoms with van der Waals surface area (Å²) in [7, 11) is 0. The molecule has 3 rings (SSSR count). The number of nitrogens with zero attached hydrogens (tertiary/aromatic N) is 5. The van der Waals surface area contributed by atoms with Gasteiger partial charge in [-0.1, -0.05) is 37.3 Å². The highest BCUT2D eigenvalue weighted by molar-refractivity contribution is 5.75. The minimum absolute atomic E-state index is 0.0754. The van der Waals surface area contributed by atoms with E-state index >= 15 is 0 Å². The van der Waals surface area contributed by atoms with Crippen molar-refractivity contribution in [2.24, 2.45) is 5.92 Å². The summed E-state index contributed by atoms with van der Waals surface area (Å²) in [6, 6.07) is 10.6. The summed E-state index contributed by atoms with van der Waals surface area (Å²) in [6.07, 6.45) is 3.87. The van der Waals surface area contributed by atoms with Crippen molar-refractivity contribution in [3.63, 3.8) is 0 Å².